The topological polar surface area (TPSA) is 72.7 Å². The van der Waals surface area contributed by atoms with Crippen LogP contribution in [0.5, 0.6) is 0 Å². The fraction of sp³-hybridized carbons (Fsp3) is 0.368. The van der Waals surface area contributed by atoms with Crippen LogP contribution in [0, 0.1) is 12.7 Å². The summed E-state index contributed by atoms with van der Waals surface area (Å²) in [5, 5.41) is 3.33. The molecule has 0 bridgehead atoms. The van der Waals surface area contributed by atoms with Crippen LogP contribution < -0.4 is 10.9 Å². The van der Waals surface area contributed by atoms with E-state index in [0.29, 0.717) is 11.2 Å². The number of aryl methyl sites for hydroxylation is 1. The van der Waals surface area contributed by atoms with Gasteiger partial charge in [-0.05, 0) is 56.5 Å². The fourth-order valence-electron chi connectivity index (χ4n) is 3.74. The lowest BCUT2D eigenvalue weighted by Gasteiger charge is -2.25. The van der Waals surface area contributed by atoms with E-state index in [0.717, 1.165) is 37.1 Å². The van der Waals surface area contributed by atoms with E-state index in [1.165, 1.54) is 22.9 Å². The van der Waals surface area contributed by atoms with Crippen LogP contribution in [0.25, 0.3) is 11.2 Å². The normalized spacial score (nSPS) is 15.5. The lowest BCUT2D eigenvalue weighted by molar-refractivity contribution is 0.454. The highest BCUT2D eigenvalue weighted by Gasteiger charge is 2.25. The molecule has 3 aromatic rings. The molecule has 1 N–H and O–H groups in total. The molecule has 26 heavy (non-hydrogen) atoms. The number of nitrogens with zero attached hydrogens (tertiary/aromatic N) is 4. The summed E-state index contributed by atoms with van der Waals surface area (Å²) >= 11 is 0. The maximum absolute atomic E-state index is 14.1. The van der Waals surface area contributed by atoms with Gasteiger partial charge in [0.2, 0.25) is 0 Å². The minimum Gasteiger partial charge on any atom is -0.317 e. The first kappa shape index (κ1) is 16.8. The molecule has 0 radical (unpaired) electrons. The third-order valence-electron chi connectivity index (χ3n) is 5.06. The Morgan fingerprint density at radius 3 is 2.73 bits per heavy atom. The minimum absolute atomic E-state index is 0.0406. The molecule has 0 saturated carbocycles. The lowest BCUT2D eigenvalue weighted by atomic mass is 9.88. The second-order valence-electron chi connectivity index (χ2n) is 6.61. The molecular weight excluding hydrogens is 333 g/mol. The summed E-state index contributed by atoms with van der Waals surface area (Å²) in [6, 6.07) is 2.89. The molecule has 4 rings (SSSR count). The Morgan fingerprint density at radius 2 is 1.96 bits per heavy atom. The summed E-state index contributed by atoms with van der Waals surface area (Å²) in [6.07, 6.45) is 6.51. The Morgan fingerprint density at radius 1 is 1.19 bits per heavy atom. The molecule has 4 heterocycles. The third kappa shape index (κ3) is 2.88. The van der Waals surface area contributed by atoms with E-state index in [-0.39, 0.29) is 23.7 Å². The highest BCUT2D eigenvalue weighted by molar-refractivity contribution is 5.75. The van der Waals surface area contributed by atoms with Crippen LogP contribution in [-0.4, -0.2) is 32.6 Å². The van der Waals surface area contributed by atoms with Crippen LogP contribution in [-0.2, 0) is 6.54 Å². The first-order valence-corrected chi connectivity index (χ1v) is 8.81. The molecule has 0 aliphatic carbocycles. The predicted molar refractivity (Wildman–Crippen MR) is 96.7 cm³/mol. The maximum Gasteiger partial charge on any atom is 0.256 e. The molecule has 0 atom stereocenters. The smallest absolute Gasteiger partial charge is 0.256 e. The fourth-order valence-corrected chi connectivity index (χ4v) is 3.74. The van der Waals surface area contributed by atoms with Crippen molar-refractivity contribution in [3.05, 3.63) is 63.7 Å². The quantitative estimate of drug-likeness (QED) is 0.781. The number of fused-ring (bicyclic) bond motifs is 1. The Bertz CT molecular complexity index is 1010. The van der Waals surface area contributed by atoms with Gasteiger partial charge in [-0.2, -0.15) is 0 Å². The van der Waals surface area contributed by atoms with Crippen molar-refractivity contribution in [3.8, 4) is 0 Å². The molecule has 6 nitrogen and oxygen atoms in total. The summed E-state index contributed by atoms with van der Waals surface area (Å²) in [7, 11) is 0. The highest BCUT2D eigenvalue weighted by atomic mass is 19.1. The number of pyridine rings is 2. The van der Waals surface area contributed by atoms with Gasteiger partial charge in [-0.25, -0.2) is 9.37 Å². The first-order valence-electron chi connectivity index (χ1n) is 8.81. The summed E-state index contributed by atoms with van der Waals surface area (Å²) in [6.45, 7) is 3.74. The molecule has 1 aliphatic heterocycles. The zero-order valence-electron chi connectivity index (χ0n) is 14.6. The van der Waals surface area contributed by atoms with Crippen molar-refractivity contribution in [1.29, 1.82) is 0 Å². The predicted octanol–water partition coefficient (Wildman–Crippen LogP) is 2.15. The standard InChI is InChI=1S/C19H20FN5O/c1-12-16(13-4-7-21-8-5-13)19(26)25(18-17(12)23-9-10-24-18)11-15-14(20)3-2-6-22-15/h2-3,6,9-10,13,21H,4-5,7-8,11H2,1H3. The molecule has 7 heteroatoms. The van der Waals surface area contributed by atoms with Crippen molar-refractivity contribution >= 4 is 11.2 Å². The zero-order valence-corrected chi connectivity index (χ0v) is 14.6. The monoisotopic (exact) mass is 353 g/mol. The van der Waals surface area contributed by atoms with Crippen molar-refractivity contribution in [2.75, 3.05) is 13.1 Å². The van der Waals surface area contributed by atoms with Gasteiger partial charge < -0.3 is 5.32 Å². The molecule has 0 spiro atoms. The summed E-state index contributed by atoms with van der Waals surface area (Å²) < 4.78 is 15.6. The van der Waals surface area contributed by atoms with E-state index >= 15 is 0 Å². The van der Waals surface area contributed by atoms with Crippen LogP contribution in [0.15, 0.2) is 35.5 Å². The van der Waals surface area contributed by atoms with E-state index in [2.05, 4.69) is 20.3 Å². The largest absolute Gasteiger partial charge is 0.317 e. The number of halogens is 1. The number of rotatable bonds is 3. The number of hydrogen-bond donors (Lipinski definition) is 1. The molecule has 0 aromatic carbocycles. The van der Waals surface area contributed by atoms with Crippen LogP contribution in [0.4, 0.5) is 4.39 Å². The highest BCUT2D eigenvalue weighted by Crippen LogP contribution is 2.28. The molecule has 0 amide bonds. The van der Waals surface area contributed by atoms with Gasteiger partial charge in [0.05, 0.1) is 12.2 Å². The van der Waals surface area contributed by atoms with E-state index in [4.69, 9.17) is 0 Å². The third-order valence-corrected chi connectivity index (χ3v) is 5.06. The van der Waals surface area contributed by atoms with Crippen LogP contribution >= 0.6 is 0 Å². The Hall–Kier alpha value is -2.67. The van der Waals surface area contributed by atoms with Crippen molar-refractivity contribution in [2.45, 2.75) is 32.2 Å². The second-order valence-corrected chi connectivity index (χ2v) is 6.61. The van der Waals surface area contributed by atoms with Crippen molar-refractivity contribution < 1.29 is 4.39 Å². The Labute approximate surface area is 150 Å². The summed E-state index contributed by atoms with van der Waals surface area (Å²) in [4.78, 5) is 26.2. The molecule has 1 saturated heterocycles. The zero-order chi connectivity index (χ0) is 18.1. The van der Waals surface area contributed by atoms with Gasteiger partial charge in [-0.15, -0.1) is 0 Å². The molecule has 1 aliphatic rings. The van der Waals surface area contributed by atoms with Crippen LogP contribution in [0.1, 0.15) is 35.6 Å². The lowest BCUT2D eigenvalue weighted by Crippen LogP contribution is -2.33. The molecule has 0 unspecified atom stereocenters. The Kier molecular flexibility index (Phi) is 4.46. The molecule has 1 fully saturated rings. The number of nitrogens with one attached hydrogen (secondary N) is 1. The number of hydrogen-bond acceptors (Lipinski definition) is 5. The summed E-state index contributed by atoms with van der Waals surface area (Å²) in [5.41, 5.74) is 2.92. The van der Waals surface area contributed by atoms with Gasteiger partial charge in [0.15, 0.2) is 5.65 Å². The van der Waals surface area contributed by atoms with Gasteiger partial charge in [0, 0.05) is 24.2 Å². The van der Waals surface area contributed by atoms with Crippen molar-refractivity contribution in [1.82, 2.24) is 24.8 Å². The van der Waals surface area contributed by atoms with Crippen molar-refractivity contribution in [2.24, 2.45) is 0 Å². The average molecular weight is 353 g/mol. The number of piperidine rings is 1. The first-order chi connectivity index (χ1) is 12.7. The van der Waals surface area contributed by atoms with Gasteiger partial charge in [-0.1, -0.05) is 0 Å². The number of aromatic nitrogens is 4. The molecule has 3 aromatic heterocycles. The van der Waals surface area contributed by atoms with Gasteiger partial charge in [0.25, 0.3) is 5.56 Å². The summed E-state index contributed by atoms with van der Waals surface area (Å²) in [5.74, 6) is -0.254. The van der Waals surface area contributed by atoms with Gasteiger partial charge in [-0.3, -0.25) is 19.3 Å². The van der Waals surface area contributed by atoms with Gasteiger partial charge >= 0.3 is 0 Å². The maximum atomic E-state index is 14.1. The van der Waals surface area contributed by atoms with Crippen molar-refractivity contribution in [3.63, 3.8) is 0 Å². The Balaban J connectivity index is 1.93. The minimum atomic E-state index is -0.430. The van der Waals surface area contributed by atoms with Crippen LogP contribution in [0.2, 0.25) is 0 Å². The second kappa shape index (κ2) is 6.92. The van der Waals surface area contributed by atoms with E-state index in [1.54, 1.807) is 12.4 Å². The average Bonchev–Trinajstić information content (AvgIpc) is 2.67. The van der Waals surface area contributed by atoms with Gasteiger partial charge in [0.1, 0.15) is 11.3 Å². The molecule has 134 valence electrons. The van der Waals surface area contributed by atoms with E-state index < -0.39 is 5.82 Å². The van der Waals surface area contributed by atoms with E-state index in [9.17, 15) is 9.18 Å². The van der Waals surface area contributed by atoms with E-state index in [1.807, 2.05) is 6.92 Å². The molecular formula is C19H20FN5O. The van der Waals surface area contributed by atoms with Crippen LogP contribution in [0.3, 0.4) is 0 Å². The SMILES string of the molecule is Cc1c(C2CCNCC2)c(=O)n(Cc2ncccc2F)c2nccnc12.